The van der Waals surface area contributed by atoms with Gasteiger partial charge in [-0.1, -0.05) is 64.4 Å². The maximum atomic E-state index is 3.53. The average molecular weight is 276 g/mol. The van der Waals surface area contributed by atoms with Crippen LogP contribution in [0.3, 0.4) is 0 Å². The van der Waals surface area contributed by atoms with E-state index in [1.54, 1.807) is 0 Å². The number of benzene rings is 1. The van der Waals surface area contributed by atoms with E-state index in [4.69, 9.17) is 0 Å². The highest BCUT2D eigenvalue weighted by Crippen LogP contribution is 2.24. The van der Waals surface area contributed by atoms with E-state index in [0.717, 1.165) is 12.5 Å². The van der Waals surface area contributed by atoms with E-state index >= 15 is 0 Å². The second kappa shape index (κ2) is 9.15. The van der Waals surface area contributed by atoms with Crippen LogP contribution in [0.4, 0.5) is 0 Å². The van der Waals surface area contributed by atoms with Crippen molar-refractivity contribution < 1.29 is 0 Å². The van der Waals surface area contributed by atoms with E-state index in [9.17, 15) is 0 Å². The highest BCUT2D eigenvalue weighted by molar-refractivity contribution is 5.20. The Morgan fingerprint density at radius 2 is 1.70 bits per heavy atom. The third-order valence-electron chi connectivity index (χ3n) is 4.39. The summed E-state index contributed by atoms with van der Waals surface area (Å²) >= 11 is 0. The molecule has 114 valence electrons. The van der Waals surface area contributed by atoms with Gasteiger partial charge in [-0.3, -0.25) is 4.90 Å². The quantitative estimate of drug-likeness (QED) is 0.730. The molecule has 0 spiro atoms. The van der Waals surface area contributed by atoms with Crippen molar-refractivity contribution in [2.75, 3.05) is 20.1 Å². The molecule has 1 aromatic carbocycles. The van der Waals surface area contributed by atoms with E-state index in [0.29, 0.717) is 12.1 Å². The lowest BCUT2D eigenvalue weighted by Gasteiger charge is -2.37. The zero-order chi connectivity index (χ0) is 15.0. The van der Waals surface area contributed by atoms with E-state index < -0.39 is 0 Å². The molecule has 0 saturated heterocycles. The van der Waals surface area contributed by atoms with Gasteiger partial charge in [-0.15, -0.1) is 0 Å². The summed E-state index contributed by atoms with van der Waals surface area (Å²) in [6.07, 6.45) is 2.42. The Morgan fingerprint density at radius 1 is 1.05 bits per heavy atom. The van der Waals surface area contributed by atoms with Crippen molar-refractivity contribution in [3.63, 3.8) is 0 Å². The van der Waals surface area contributed by atoms with Gasteiger partial charge in [0.1, 0.15) is 0 Å². The number of hydrogen-bond donors (Lipinski definition) is 1. The van der Waals surface area contributed by atoms with Gasteiger partial charge < -0.3 is 5.32 Å². The zero-order valence-corrected chi connectivity index (χ0v) is 13.9. The Hall–Kier alpha value is -0.860. The van der Waals surface area contributed by atoms with Crippen molar-refractivity contribution >= 4 is 0 Å². The first-order valence-electron chi connectivity index (χ1n) is 8.14. The molecule has 1 aromatic rings. The van der Waals surface area contributed by atoms with Crippen LogP contribution in [0.5, 0.6) is 0 Å². The minimum Gasteiger partial charge on any atom is -0.312 e. The molecule has 2 heteroatoms. The standard InChI is InChI=1S/C18H32N2/c1-6-15(4)14-20(8-3)17(7-2)18(19-5)16-12-10-9-11-13-16/h9-13,15,17-19H,6-8,14H2,1-5H3. The maximum absolute atomic E-state index is 3.53. The molecular weight excluding hydrogens is 244 g/mol. The van der Waals surface area contributed by atoms with Gasteiger partial charge in [-0.2, -0.15) is 0 Å². The minimum atomic E-state index is 0.408. The first-order chi connectivity index (χ1) is 9.67. The SMILES string of the molecule is CCC(C)CN(CC)C(CC)C(NC)c1ccccc1. The van der Waals surface area contributed by atoms with Gasteiger partial charge in [-0.25, -0.2) is 0 Å². The summed E-state index contributed by atoms with van der Waals surface area (Å²) in [7, 11) is 2.08. The molecule has 20 heavy (non-hydrogen) atoms. The van der Waals surface area contributed by atoms with E-state index in [-0.39, 0.29) is 0 Å². The fourth-order valence-electron chi connectivity index (χ4n) is 2.97. The second-order valence-electron chi connectivity index (χ2n) is 5.75. The molecule has 2 nitrogen and oxygen atoms in total. The first-order valence-corrected chi connectivity index (χ1v) is 8.14. The summed E-state index contributed by atoms with van der Waals surface area (Å²) in [5, 5.41) is 3.53. The molecule has 0 heterocycles. The number of rotatable bonds is 9. The Bertz CT molecular complexity index is 350. The molecule has 0 fully saturated rings. The van der Waals surface area contributed by atoms with Crippen molar-refractivity contribution in [3.05, 3.63) is 35.9 Å². The summed E-state index contributed by atoms with van der Waals surface area (Å²) in [6.45, 7) is 11.5. The smallest absolute Gasteiger partial charge is 0.0475 e. The highest BCUT2D eigenvalue weighted by atomic mass is 15.2. The lowest BCUT2D eigenvalue weighted by molar-refractivity contribution is 0.140. The van der Waals surface area contributed by atoms with Crippen LogP contribution in [0.2, 0.25) is 0 Å². The molecular formula is C18H32N2. The van der Waals surface area contributed by atoms with Crippen LogP contribution in [0, 0.1) is 5.92 Å². The molecule has 0 saturated carbocycles. The van der Waals surface area contributed by atoms with Crippen LogP contribution in [0.1, 0.15) is 52.1 Å². The summed E-state index contributed by atoms with van der Waals surface area (Å²) in [5.74, 6) is 0.761. The van der Waals surface area contributed by atoms with Gasteiger partial charge in [0.25, 0.3) is 0 Å². The number of nitrogens with zero attached hydrogens (tertiary/aromatic N) is 1. The van der Waals surface area contributed by atoms with Crippen molar-refractivity contribution in [1.82, 2.24) is 10.2 Å². The maximum Gasteiger partial charge on any atom is 0.0475 e. The van der Waals surface area contributed by atoms with Crippen LogP contribution in [-0.4, -0.2) is 31.1 Å². The molecule has 3 unspecified atom stereocenters. The largest absolute Gasteiger partial charge is 0.312 e. The van der Waals surface area contributed by atoms with Gasteiger partial charge >= 0.3 is 0 Å². The lowest BCUT2D eigenvalue weighted by Crippen LogP contribution is -2.45. The fraction of sp³-hybridized carbons (Fsp3) is 0.667. The van der Waals surface area contributed by atoms with Crippen molar-refractivity contribution in [2.45, 2.75) is 52.6 Å². The fourth-order valence-corrected chi connectivity index (χ4v) is 2.97. The number of hydrogen-bond acceptors (Lipinski definition) is 2. The van der Waals surface area contributed by atoms with Gasteiger partial charge in [0, 0.05) is 18.6 Å². The minimum absolute atomic E-state index is 0.408. The van der Waals surface area contributed by atoms with E-state index in [2.05, 4.69) is 75.3 Å². The first kappa shape index (κ1) is 17.2. The lowest BCUT2D eigenvalue weighted by atomic mass is 9.95. The Labute approximate surface area is 125 Å². The van der Waals surface area contributed by atoms with Crippen LogP contribution in [0.25, 0.3) is 0 Å². The van der Waals surface area contributed by atoms with Crippen LogP contribution < -0.4 is 5.32 Å². The average Bonchev–Trinajstić information content (AvgIpc) is 2.51. The van der Waals surface area contributed by atoms with Gasteiger partial charge in [0.2, 0.25) is 0 Å². The van der Waals surface area contributed by atoms with Gasteiger partial charge in [0.05, 0.1) is 0 Å². The molecule has 0 aromatic heterocycles. The molecule has 3 atom stereocenters. The van der Waals surface area contributed by atoms with Crippen molar-refractivity contribution in [2.24, 2.45) is 5.92 Å². The molecule has 0 aliphatic carbocycles. The highest BCUT2D eigenvalue weighted by Gasteiger charge is 2.26. The normalized spacial score (nSPS) is 16.1. The predicted molar refractivity (Wildman–Crippen MR) is 89.0 cm³/mol. The summed E-state index contributed by atoms with van der Waals surface area (Å²) in [5.41, 5.74) is 1.39. The zero-order valence-electron chi connectivity index (χ0n) is 13.9. The predicted octanol–water partition coefficient (Wildman–Crippen LogP) is 4.09. The molecule has 0 amide bonds. The third-order valence-corrected chi connectivity index (χ3v) is 4.39. The molecule has 1 rings (SSSR count). The topological polar surface area (TPSA) is 15.3 Å². The summed E-state index contributed by atoms with van der Waals surface area (Å²) in [6, 6.07) is 11.8. The third kappa shape index (κ3) is 4.60. The molecule has 0 bridgehead atoms. The Balaban J connectivity index is 2.89. The summed E-state index contributed by atoms with van der Waals surface area (Å²) in [4.78, 5) is 2.64. The molecule has 0 aliphatic heterocycles. The van der Waals surface area contributed by atoms with Crippen LogP contribution in [-0.2, 0) is 0 Å². The van der Waals surface area contributed by atoms with Gasteiger partial charge in [-0.05, 0) is 31.5 Å². The Kier molecular flexibility index (Phi) is 7.86. The monoisotopic (exact) mass is 276 g/mol. The summed E-state index contributed by atoms with van der Waals surface area (Å²) < 4.78 is 0. The Morgan fingerprint density at radius 3 is 2.15 bits per heavy atom. The van der Waals surface area contributed by atoms with Crippen molar-refractivity contribution in [3.8, 4) is 0 Å². The number of likely N-dealkylation sites (N-methyl/N-ethyl adjacent to an activating group) is 2. The molecule has 1 N–H and O–H groups in total. The number of nitrogens with one attached hydrogen (secondary N) is 1. The van der Waals surface area contributed by atoms with Crippen LogP contribution in [0.15, 0.2) is 30.3 Å². The molecule has 0 aliphatic rings. The van der Waals surface area contributed by atoms with Crippen LogP contribution >= 0.6 is 0 Å². The van der Waals surface area contributed by atoms with E-state index in [1.807, 2.05) is 0 Å². The van der Waals surface area contributed by atoms with Crippen molar-refractivity contribution in [1.29, 1.82) is 0 Å². The second-order valence-corrected chi connectivity index (χ2v) is 5.75. The molecule has 0 radical (unpaired) electrons. The van der Waals surface area contributed by atoms with Gasteiger partial charge in [0.15, 0.2) is 0 Å². The van der Waals surface area contributed by atoms with E-state index in [1.165, 1.54) is 24.9 Å².